The van der Waals surface area contributed by atoms with E-state index in [0.29, 0.717) is 323 Å². The molecule has 0 bridgehead atoms. The summed E-state index contributed by atoms with van der Waals surface area (Å²) >= 11 is 0. The van der Waals surface area contributed by atoms with Gasteiger partial charge in [-0.3, -0.25) is 0 Å². The van der Waals surface area contributed by atoms with Crippen molar-refractivity contribution in [1.29, 1.82) is 0 Å². The molecule has 26 nitrogen and oxygen atoms in total. The Balaban J connectivity index is 1.08. The first-order chi connectivity index (χ1) is 42.4. The second kappa shape index (κ2) is 72.0. The van der Waals surface area contributed by atoms with Gasteiger partial charge in [-0.2, -0.15) is 0 Å². The fourth-order valence-corrected chi connectivity index (χ4v) is 7.53. The van der Waals surface area contributed by atoms with E-state index in [0.717, 1.165) is 25.9 Å². The first-order valence-corrected chi connectivity index (χ1v) is 31.6. The standard InChI is InChI=1S/C59H116O26/c1-2-6-58(7-3-1)83-56-54-81-52-50-79-48-46-77-44-42-75-40-38-73-36-34-71-32-30-69-28-26-67-24-22-65-20-18-63-16-14-61-12-10-60-11-13-62-15-17-64-19-21-66-23-25-68-27-29-70-31-33-72-35-37-74-39-41-76-43-45-78-47-49-80-51-53-82-55-57-85-59-8-4-5-9-84-59/h58-59H,1-57H2. The maximum atomic E-state index is 5.85. The first-order valence-electron chi connectivity index (χ1n) is 31.6. The van der Waals surface area contributed by atoms with Crippen LogP contribution in [0.2, 0.25) is 0 Å². The predicted octanol–water partition coefficient (Wildman–Crippen LogP) is 3.26. The zero-order valence-electron chi connectivity index (χ0n) is 52.1. The quantitative estimate of drug-likeness (QED) is 0.0794. The zero-order valence-corrected chi connectivity index (χ0v) is 52.1. The molecule has 2 aliphatic rings. The molecule has 2 rings (SSSR count). The zero-order chi connectivity index (χ0) is 59.8. The van der Waals surface area contributed by atoms with E-state index in [1.54, 1.807) is 0 Å². The average Bonchev–Trinajstić information content (AvgIpc) is 3.53. The molecule has 0 aromatic heterocycles. The SMILES string of the molecule is C1CCC(OCCOCCOCCOCCOCCOCCOCCOCCOCCOCCOCCOCCOCCOCCOCCOCCOCCOCCOCCOCCOCCOCCOCCOCCOC2CCCCO2)CC1. The number of hydrogen-bond donors (Lipinski definition) is 0. The van der Waals surface area contributed by atoms with Crippen molar-refractivity contribution in [2.24, 2.45) is 0 Å². The Hall–Kier alpha value is -1.04. The highest BCUT2D eigenvalue weighted by molar-refractivity contribution is 4.65. The lowest BCUT2D eigenvalue weighted by atomic mass is 9.98. The molecule has 0 N–H and O–H groups in total. The van der Waals surface area contributed by atoms with Crippen LogP contribution in [0.4, 0.5) is 0 Å². The molecule has 0 spiro atoms. The molecule has 2 fully saturated rings. The van der Waals surface area contributed by atoms with Gasteiger partial charge in [0.05, 0.1) is 323 Å². The van der Waals surface area contributed by atoms with Crippen molar-refractivity contribution >= 4 is 0 Å². The molecule has 1 saturated heterocycles. The van der Waals surface area contributed by atoms with Crippen molar-refractivity contribution in [3.63, 3.8) is 0 Å². The Morgan fingerprint density at radius 3 is 0.506 bits per heavy atom. The van der Waals surface area contributed by atoms with Gasteiger partial charge in [-0.15, -0.1) is 0 Å². The maximum Gasteiger partial charge on any atom is 0.157 e. The van der Waals surface area contributed by atoms with Gasteiger partial charge in [-0.25, -0.2) is 0 Å². The number of ether oxygens (including phenoxy) is 26. The highest BCUT2D eigenvalue weighted by Crippen LogP contribution is 2.20. The maximum absolute atomic E-state index is 5.85. The van der Waals surface area contributed by atoms with Crippen LogP contribution in [0, 0.1) is 0 Å². The third-order valence-electron chi connectivity index (χ3n) is 12.0. The van der Waals surface area contributed by atoms with Crippen molar-refractivity contribution in [2.75, 3.05) is 324 Å². The summed E-state index contributed by atoms with van der Waals surface area (Å²) in [5.74, 6) is 0. The molecule has 0 amide bonds. The number of hydrogen-bond acceptors (Lipinski definition) is 26. The highest BCUT2D eigenvalue weighted by atomic mass is 16.7. The summed E-state index contributed by atoms with van der Waals surface area (Å²) in [4.78, 5) is 0. The van der Waals surface area contributed by atoms with E-state index in [1.165, 1.54) is 32.1 Å². The fraction of sp³-hybridized carbons (Fsp3) is 1.00. The Morgan fingerprint density at radius 2 is 0.329 bits per heavy atom. The van der Waals surface area contributed by atoms with Gasteiger partial charge in [0, 0.05) is 6.61 Å². The third-order valence-corrected chi connectivity index (χ3v) is 12.0. The lowest BCUT2D eigenvalue weighted by Crippen LogP contribution is -2.24. The van der Waals surface area contributed by atoms with Crippen LogP contribution in [-0.2, 0) is 123 Å². The largest absolute Gasteiger partial charge is 0.377 e. The Labute approximate surface area is 509 Å². The summed E-state index contributed by atoms with van der Waals surface area (Å²) in [6.45, 7) is 25.2. The second-order valence-electron chi connectivity index (χ2n) is 18.9. The summed E-state index contributed by atoms with van der Waals surface area (Å²) in [6.07, 6.45) is 9.86. The van der Waals surface area contributed by atoms with Gasteiger partial charge in [0.1, 0.15) is 0 Å². The lowest BCUT2D eigenvalue weighted by Gasteiger charge is -2.22. The highest BCUT2D eigenvalue weighted by Gasteiger charge is 2.14. The molecule has 26 heteroatoms. The van der Waals surface area contributed by atoms with E-state index in [-0.39, 0.29) is 6.29 Å². The summed E-state index contributed by atoms with van der Waals surface area (Å²) < 4.78 is 144. The predicted molar refractivity (Wildman–Crippen MR) is 311 cm³/mol. The summed E-state index contributed by atoms with van der Waals surface area (Å²) in [5, 5.41) is 0. The van der Waals surface area contributed by atoms with Crippen LogP contribution >= 0.6 is 0 Å². The molecule has 1 aliphatic carbocycles. The van der Waals surface area contributed by atoms with Crippen LogP contribution in [0.5, 0.6) is 0 Å². The van der Waals surface area contributed by atoms with E-state index in [4.69, 9.17) is 123 Å². The van der Waals surface area contributed by atoms with Crippen LogP contribution < -0.4 is 0 Å². The van der Waals surface area contributed by atoms with E-state index in [9.17, 15) is 0 Å². The normalized spacial score (nSPS) is 15.0. The van der Waals surface area contributed by atoms with Gasteiger partial charge in [-0.1, -0.05) is 19.3 Å². The molecule has 1 unspecified atom stereocenters. The van der Waals surface area contributed by atoms with Crippen LogP contribution in [-0.4, -0.2) is 336 Å². The van der Waals surface area contributed by atoms with Crippen molar-refractivity contribution in [3.05, 3.63) is 0 Å². The van der Waals surface area contributed by atoms with Crippen LogP contribution in [0.1, 0.15) is 51.4 Å². The fourth-order valence-electron chi connectivity index (χ4n) is 7.53. The lowest BCUT2D eigenvalue weighted by molar-refractivity contribution is -0.169. The van der Waals surface area contributed by atoms with E-state index in [1.807, 2.05) is 0 Å². The second-order valence-corrected chi connectivity index (χ2v) is 18.9. The Morgan fingerprint density at radius 1 is 0.165 bits per heavy atom. The smallest absolute Gasteiger partial charge is 0.157 e. The Bertz CT molecular complexity index is 1130. The molecule has 0 radical (unpaired) electrons. The summed E-state index contributed by atoms with van der Waals surface area (Å²) in [5.41, 5.74) is 0. The minimum atomic E-state index is -0.0749. The molecule has 0 aromatic carbocycles. The first kappa shape index (κ1) is 80.1. The van der Waals surface area contributed by atoms with E-state index >= 15 is 0 Å². The summed E-state index contributed by atoms with van der Waals surface area (Å²) in [7, 11) is 0. The number of rotatable bonds is 74. The molecule has 0 aromatic rings. The van der Waals surface area contributed by atoms with Crippen LogP contribution in [0.3, 0.4) is 0 Å². The van der Waals surface area contributed by atoms with Gasteiger partial charge in [0.15, 0.2) is 6.29 Å². The minimum absolute atomic E-state index is 0.0749. The van der Waals surface area contributed by atoms with Gasteiger partial charge in [0.25, 0.3) is 0 Å². The van der Waals surface area contributed by atoms with E-state index < -0.39 is 0 Å². The van der Waals surface area contributed by atoms with Crippen LogP contribution in [0.15, 0.2) is 0 Å². The van der Waals surface area contributed by atoms with E-state index in [2.05, 4.69) is 0 Å². The van der Waals surface area contributed by atoms with Gasteiger partial charge in [0.2, 0.25) is 0 Å². The molecular formula is C59H116O26. The molecular weight excluding hydrogens is 1120 g/mol. The van der Waals surface area contributed by atoms with Gasteiger partial charge >= 0.3 is 0 Å². The van der Waals surface area contributed by atoms with Crippen molar-refractivity contribution in [2.45, 2.75) is 63.8 Å². The van der Waals surface area contributed by atoms with Gasteiger partial charge < -0.3 is 123 Å². The van der Waals surface area contributed by atoms with Gasteiger partial charge in [-0.05, 0) is 32.1 Å². The monoisotopic (exact) mass is 1240 g/mol. The molecule has 85 heavy (non-hydrogen) atoms. The van der Waals surface area contributed by atoms with Crippen molar-refractivity contribution in [3.8, 4) is 0 Å². The Kier molecular flexibility index (Phi) is 67.8. The molecule has 1 saturated carbocycles. The third kappa shape index (κ3) is 65.7. The van der Waals surface area contributed by atoms with Crippen molar-refractivity contribution in [1.82, 2.24) is 0 Å². The topological polar surface area (TPSA) is 240 Å². The molecule has 1 aliphatic heterocycles. The van der Waals surface area contributed by atoms with Crippen LogP contribution in [0.25, 0.3) is 0 Å². The average molecular weight is 1240 g/mol. The van der Waals surface area contributed by atoms with Crippen molar-refractivity contribution < 1.29 is 123 Å². The minimum Gasteiger partial charge on any atom is -0.377 e. The molecule has 1 heterocycles. The molecule has 1 atom stereocenters. The summed E-state index contributed by atoms with van der Waals surface area (Å²) in [6, 6.07) is 0. The molecule has 508 valence electrons.